The highest BCUT2D eigenvalue weighted by molar-refractivity contribution is 6.34. The summed E-state index contributed by atoms with van der Waals surface area (Å²) in [6, 6.07) is 9.05. The molecule has 4 heteroatoms. The van der Waals surface area contributed by atoms with E-state index in [2.05, 4.69) is 16.0 Å². The molecule has 3 aromatic rings. The Labute approximate surface area is 127 Å². The zero-order chi connectivity index (χ0) is 15.1. The minimum Gasteiger partial charge on any atom is -0.227 e. The fourth-order valence-corrected chi connectivity index (χ4v) is 2.69. The van der Waals surface area contributed by atoms with Crippen LogP contribution < -0.4 is 0 Å². The van der Waals surface area contributed by atoms with Gasteiger partial charge in [-0.2, -0.15) is 0 Å². The van der Waals surface area contributed by atoms with Crippen molar-refractivity contribution in [2.24, 2.45) is 0 Å². The van der Waals surface area contributed by atoms with E-state index in [0.717, 1.165) is 11.1 Å². The van der Waals surface area contributed by atoms with E-state index in [1.54, 1.807) is 13.0 Å². The van der Waals surface area contributed by atoms with Gasteiger partial charge in [-0.05, 0) is 38.5 Å². The summed E-state index contributed by atoms with van der Waals surface area (Å²) in [6.07, 6.45) is 0. The normalized spacial score (nSPS) is 11.1. The topological polar surface area (TPSA) is 25.8 Å². The molecule has 0 radical (unpaired) electrons. The summed E-state index contributed by atoms with van der Waals surface area (Å²) in [5.41, 5.74) is 4.20. The number of hydrogen-bond donors (Lipinski definition) is 0. The van der Waals surface area contributed by atoms with Gasteiger partial charge in [0.2, 0.25) is 0 Å². The quantitative estimate of drug-likeness (QED) is 0.590. The van der Waals surface area contributed by atoms with Crippen LogP contribution in [0.25, 0.3) is 22.3 Å². The first-order valence-electron chi connectivity index (χ1n) is 6.67. The molecule has 21 heavy (non-hydrogen) atoms. The number of halogens is 2. The SMILES string of the molecule is Cc1ccc(-c2nc(Cl)c3ccc(F)c(C)c3n2)c(C)c1. The first-order chi connectivity index (χ1) is 9.97. The highest BCUT2D eigenvalue weighted by Gasteiger charge is 2.13. The molecular formula is C17H14ClFN2. The number of rotatable bonds is 1. The van der Waals surface area contributed by atoms with Crippen LogP contribution in [0.4, 0.5) is 4.39 Å². The van der Waals surface area contributed by atoms with E-state index in [-0.39, 0.29) is 5.82 Å². The van der Waals surface area contributed by atoms with Crippen LogP contribution in [0.2, 0.25) is 5.15 Å². The summed E-state index contributed by atoms with van der Waals surface area (Å²) in [6.45, 7) is 5.74. The summed E-state index contributed by atoms with van der Waals surface area (Å²) in [4.78, 5) is 8.89. The minimum atomic E-state index is -0.288. The van der Waals surface area contributed by atoms with Gasteiger partial charge in [-0.15, -0.1) is 0 Å². The zero-order valence-corrected chi connectivity index (χ0v) is 12.8. The van der Waals surface area contributed by atoms with Crippen LogP contribution >= 0.6 is 11.6 Å². The Morgan fingerprint density at radius 2 is 1.76 bits per heavy atom. The Morgan fingerprint density at radius 1 is 1.00 bits per heavy atom. The van der Waals surface area contributed by atoms with E-state index < -0.39 is 0 Å². The second kappa shape index (κ2) is 5.08. The molecule has 0 N–H and O–H groups in total. The van der Waals surface area contributed by atoms with Crippen LogP contribution in [0.5, 0.6) is 0 Å². The van der Waals surface area contributed by atoms with E-state index in [9.17, 15) is 4.39 Å². The molecule has 0 aliphatic heterocycles. The van der Waals surface area contributed by atoms with Crippen molar-refractivity contribution in [1.29, 1.82) is 0 Å². The van der Waals surface area contributed by atoms with E-state index in [4.69, 9.17) is 11.6 Å². The fourth-order valence-electron chi connectivity index (χ4n) is 2.46. The fraction of sp³-hybridized carbons (Fsp3) is 0.176. The summed E-state index contributed by atoms with van der Waals surface area (Å²) in [5, 5.41) is 1.02. The lowest BCUT2D eigenvalue weighted by Gasteiger charge is -2.09. The van der Waals surface area contributed by atoms with Gasteiger partial charge in [0, 0.05) is 16.5 Å². The molecule has 1 aromatic heterocycles. The second-order valence-electron chi connectivity index (χ2n) is 5.22. The summed E-state index contributed by atoms with van der Waals surface area (Å²) < 4.78 is 13.7. The van der Waals surface area contributed by atoms with Gasteiger partial charge >= 0.3 is 0 Å². The molecule has 106 valence electrons. The predicted octanol–water partition coefficient (Wildman–Crippen LogP) is 5.01. The Kier molecular flexibility index (Phi) is 3.38. The third-order valence-electron chi connectivity index (χ3n) is 3.63. The Bertz CT molecular complexity index is 859. The van der Waals surface area contributed by atoms with E-state index >= 15 is 0 Å². The second-order valence-corrected chi connectivity index (χ2v) is 5.58. The minimum absolute atomic E-state index is 0.288. The zero-order valence-electron chi connectivity index (χ0n) is 12.0. The van der Waals surface area contributed by atoms with Gasteiger partial charge < -0.3 is 0 Å². The molecule has 0 spiro atoms. The molecule has 0 saturated heterocycles. The van der Waals surface area contributed by atoms with E-state index in [1.807, 2.05) is 26.0 Å². The Morgan fingerprint density at radius 3 is 2.48 bits per heavy atom. The molecular weight excluding hydrogens is 287 g/mol. The van der Waals surface area contributed by atoms with Crippen LogP contribution in [0.15, 0.2) is 30.3 Å². The molecule has 0 atom stereocenters. The average molecular weight is 301 g/mol. The van der Waals surface area contributed by atoms with Gasteiger partial charge in [0.15, 0.2) is 5.82 Å². The highest BCUT2D eigenvalue weighted by Crippen LogP contribution is 2.29. The van der Waals surface area contributed by atoms with Crippen LogP contribution in [0.3, 0.4) is 0 Å². The Hall–Kier alpha value is -2.00. The summed E-state index contributed by atoms with van der Waals surface area (Å²) >= 11 is 6.25. The Balaban J connectivity index is 2.31. The number of aromatic nitrogens is 2. The van der Waals surface area contributed by atoms with Crippen molar-refractivity contribution in [3.05, 3.63) is 58.0 Å². The van der Waals surface area contributed by atoms with Crippen LogP contribution in [0, 0.1) is 26.6 Å². The van der Waals surface area contributed by atoms with E-state index in [0.29, 0.717) is 27.4 Å². The number of nitrogens with zero attached hydrogens (tertiary/aromatic N) is 2. The maximum absolute atomic E-state index is 13.7. The highest BCUT2D eigenvalue weighted by atomic mass is 35.5. The molecule has 3 rings (SSSR count). The lowest BCUT2D eigenvalue weighted by atomic mass is 10.0. The number of aryl methyl sites for hydroxylation is 3. The van der Waals surface area contributed by atoms with Gasteiger partial charge in [0.1, 0.15) is 11.0 Å². The predicted molar refractivity (Wildman–Crippen MR) is 84.2 cm³/mol. The van der Waals surface area contributed by atoms with E-state index in [1.165, 1.54) is 11.6 Å². The van der Waals surface area contributed by atoms with Gasteiger partial charge in [-0.3, -0.25) is 0 Å². The molecule has 1 heterocycles. The molecule has 0 fully saturated rings. The van der Waals surface area contributed by atoms with Crippen LogP contribution in [-0.4, -0.2) is 9.97 Å². The van der Waals surface area contributed by atoms with Crippen LogP contribution in [0.1, 0.15) is 16.7 Å². The molecule has 0 bridgehead atoms. The standard InChI is InChI=1S/C17H14ClFN2/c1-9-4-5-12(10(2)8-9)17-20-15-11(3)14(19)7-6-13(15)16(18)21-17/h4-8H,1-3H3. The number of fused-ring (bicyclic) bond motifs is 1. The number of benzene rings is 2. The smallest absolute Gasteiger partial charge is 0.161 e. The molecule has 0 aliphatic carbocycles. The van der Waals surface area contributed by atoms with Gasteiger partial charge in [0.25, 0.3) is 0 Å². The van der Waals surface area contributed by atoms with Crippen molar-refractivity contribution in [1.82, 2.24) is 9.97 Å². The van der Waals surface area contributed by atoms with Crippen molar-refractivity contribution in [2.45, 2.75) is 20.8 Å². The van der Waals surface area contributed by atoms with Crippen molar-refractivity contribution in [3.63, 3.8) is 0 Å². The van der Waals surface area contributed by atoms with Crippen molar-refractivity contribution in [2.75, 3.05) is 0 Å². The molecule has 0 amide bonds. The third-order valence-corrected chi connectivity index (χ3v) is 3.92. The summed E-state index contributed by atoms with van der Waals surface area (Å²) in [7, 11) is 0. The van der Waals surface area contributed by atoms with Crippen molar-refractivity contribution >= 4 is 22.5 Å². The molecule has 0 aliphatic rings. The van der Waals surface area contributed by atoms with Gasteiger partial charge in [-0.25, -0.2) is 14.4 Å². The average Bonchev–Trinajstić information content (AvgIpc) is 2.43. The van der Waals surface area contributed by atoms with Gasteiger partial charge in [-0.1, -0.05) is 35.4 Å². The lowest BCUT2D eigenvalue weighted by Crippen LogP contribution is -1.97. The molecule has 0 saturated carbocycles. The first kappa shape index (κ1) is 14.0. The van der Waals surface area contributed by atoms with Gasteiger partial charge in [0.05, 0.1) is 5.52 Å². The lowest BCUT2D eigenvalue weighted by molar-refractivity contribution is 0.620. The van der Waals surface area contributed by atoms with Crippen molar-refractivity contribution < 1.29 is 4.39 Å². The van der Waals surface area contributed by atoms with Crippen molar-refractivity contribution in [3.8, 4) is 11.4 Å². The summed E-state index contributed by atoms with van der Waals surface area (Å²) in [5.74, 6) is 0.238. The molecule has 2 aromatic carbocycles. The van der Waals surface area contributed by atoms with Crippen LogP contribution in [-0.2, 0) is 0 Å². The largest absolute Gasteiger partial charge is 0.227 e. The maximum atomic E-state index is 13.7. The monoisotopic (exact) mass is 300 g/mol. The first-order valence-corrected chi connectivity index (χ1v) is 7.05. The third kappa shape index (κ3) is 2.38. The molecule has 0 unspecified atom stereocenters. The molecule has 2 nitrogen and oxygen atoms in total. The maximum Gasteiger partial charge on any atom is 0.161 e. The number of hydrogen-bond acceptors (Lipinski definition) is 2.